The van der Waals surface area contributed by atoms with Gasteiger partial charge in [-0.2, -0.15) is 0 Å². The van der Waals surface area contributed by atoms with Crippen LogP contribution < -0.4 is 5.32 Å². The number of thiophene rings is 1. The Bertz CT molecular complexity index is 351. The number of hydrogen-bond donors (Lipinski definition) is 1. The summed E-state index contributed by atoms with van der Waals surface area (Å²) in [5.41, 5.74) is -0.0571. The van der Waals surface area contributed by atoms with Gasteiger partial charge in [-0.05, 0) is 22.0 Å². The van der Waals surface area contributed by atoms with Crippen molar-refractivity contribution in [1.29, 1.82) is 0 Å². The fraction of sp³-hybridized carbons (Fsp3) is 0.500. The second-order valence-electron chi connectivity index (χ2n) is 3.92. The van der Waals surface area contributed by atoms with E-state index in [1.165, 1.54) is 4.88 Å². The van der Waals surface area contributed by atoms with Crippen LogP contribution in [0.5, 0.6) is 0 Å². The van der Waals surface area contributed by atoms with E-state index in [-0.39, 0.29) is 17.2 Å². The predicted octanol–water partition coefficient (Wildman–Crippen LogP) is 3.14. The molecule has 84 valence electrons. The van der Waals surface area contributed by atoms with E-state index < -0.39 is 0 Å². The second-order valence-corrected chi connectivity index (χ2v) is 6.02. The van der Waals surface area contributed by atoms with E-state index in [1.54, 1.807) is 11.3 Å². The van der Waals surface area contributed by atoms with Crippen LogP contribution in [-0.2, 0) is 10.2 Å². The molecule has 0 atom stereocenters. The highest BCUT2D eigenvalue weighted by Crippen LogP contribution is 2.30. The number of amides is 1. The van der Waals surface area contributed by atoms with E-state index in [1.807, 2.05) is 5.38 Å². The molecule has 0 spiro atoms. The normalized spacial score (nSPS) is 11.5. The highest BCUT2D eigenvalue weighted by atomic mass is 79.9. The third kappa shape index (κ3) is 3.78. The standard InChI is InChI=1S/C10H13BrClNOS/c1-10(2,6-13-9(14)4-12)8-3-7(11)5-15-8/h3,5H,4,6H2,1-2H3,(H,13,14). The van der Waals surface area contributed by atoms with Crippen molar-refractivity contribution in [2.45, 2.75) is 19.3 Å². The van der Waals surface area contributed by atoms with E-state index >= 15 is 0 Å². The van der Waals surface area contributed by atoms with Crippen molar-refractivity contribution in [1.82, 2.24) is 5.32 Å². The monoisotopic (exact) mass is 309 g/mol. The van der Waals surface area contributed by atoms with Crippen molar-refractivity contribution in [2.24, 2.45) is 0 Å². The fourth-order valence-corrected chi connectivity index (χ4v) is 2.77. The number of halogens is 2. The van der Waals surface area contributed by atoms with Gasteiger partial charge in [-0.25, -0.2) is 0 Å². The lowest BCUT2D eigenvalue weighted by Crippen LogP contribution is -2.36. The quantitative estimate of drug-likeness (QED) is 0.851. The number of rotatable bonds is 4. The largest absolute Gasteiger partial charge is 0.354 e. The summed E-state index contributed by atoms with van der Waals surface area (Å²) in [5.74, 6) is -0.107. The van der Waals surface area contributed by atoms with Crippen molar-refractivity contribution < 1.29 is 4.79 Å². The third-order valence-corrected chi connectivity index (χ3v) is 4.38. The molecule has 0 aliphatic heterocycles. The van der Waals surface area contributed by atoms with Crippen LogP contribution in [0.1, 0.15) is 18.7 Å². The molecule has 0 saturated carbocycles. The van der Waals surface area contributed by atoms with Crippen LogP contribution in [0.3, 0.4) is 0 Å². The van der Waals surface area contributed by atoms with Crippen LogP contribution in [-0.4, -0.2) is 18.3 Å². The van der Waals surface area contributed by atoms with Gasteiger partial charge in [0.25, 0.3) is 0 Å². The topological polar surface area (TPSA) is 29.1 Å². The molecule has 0 saturated heterocycles. The first-order chi connectivity index (χ1) is 6.95. The van der Waals surface area contributed by atoms with Crippen LogP contribution in [0.15, 0.2) is 15.9 Å². The highest BCUT2D eigenvalue weighted by molar-refractivity contribution is 9.10. The summed E-state index contributed by atoms with van der Waals surface area (Å²) in [6, 6.07) is 2.08. The van der Waals surface area contributed by atoms with Crippen LogP contribution in [0.2, 0.25) is 0 Å². The van der Waals surface area contributed by atoms with Crippen molar-refractivity contribution in [3.8, 4) is 0 Å². The zero-order chi connectivity index (χ0) is 11.5. The Labute approximate surface area is 107 Å². The minimum Gasteiger partial charge on any atom is -0.354 e. The molecule has 15 heavy (non-hydrogen) atoms. The van der Waals surface area contributed by atoms with E-state index in [0.717, 1.165) is 4.47 Å². The molecule has 0 aromatic carbocycles. The summed E-state index contributed by atoms with van der Waals surface area (Å²) in [7, 11) is 0. The van der Waals surface area contributed by atoms with Gasteiger partial charge in [0.2, 0.25) is 5.91 Å². The summed E-state index contributed by atoms with van der Waals surface area (Å²) in [4.78, 5) is 12.3. The molecular weight excluding hydrogens is 298 g/mol. The van der Waals surface area contributed by atoms with Gasteiger partial charge in [-0.1, -0.05) is 13.8 Å². The lowest BCUT2D eigenvalue weighted by atomic mass is 9.91. The SMILES string of the molecule is CC(C)(CNC(=O)CCl)c1cc(Br)cs1. The molecule has 0 aliphatic carbocycles. The number of hydrogen-bond acceptors (Lipinski definition) is 2. The van der Waals surface area contributed by atoms with Crippen molar-refractivity contribution >= 4 is 44.8 Å². The second kappa shape index (κ2) is 5.32. The van der Waals surface area contributed by atoms with Crippen molar-refractivity contribution in [3.05, 3.63) is 20.8 Å². The molecule has 0 radical (unpaired) electrons. The van der Waals surface area contributed by atoms with E-state index in [2.05, 4.69) is 41.2 Å². The minimum absolute atomic E-state index is 0.0181. The van der Waals surface area contributed by atoms with Gasteiger partial charge in [-0.15, -0.1) is 22.9 Å². The summed E-state index contributed by atoms with van der Waals surface area (Å²) in [6.07, 6.45) is 0. The molecule has 1 aromatic heterocycles. The molecule has 1 aromatic rings. The Morgan fingerprint density at radius 3 is 2.80 bits per heavy atom. The van der Waals surface area contributed by atoms with E-state index in [9.17, 15) is 4.79 Å². The first-order valence-electron chi connectivity index (χ1n) is 4.53. The van der Waals surface area contributed by atoms with Gasteiger partial charge in [0.1, 0.15) is 5.88 Å². The number of carbonyl (C=O) groups excluding carboxylic acids is 1. The molecule has 0 aliphatic rings. The molecule has 1 rings (SSSR count). The van der Waals surface area contributed by atoms with Gasteiger partial charge in [0.15, 0.2) is 0 Å². The van der Waals surface area contributed by atoms with Crippen molar-refractivity contribution in [2.75, 3.05) is 12.4 Å². The van der Waals surface area contributed by atoms with Gasteiger partial charge >= 0.3 is 0 Å². The average molecular weight is 311 g/mol. The summed E-state index contributed by atoms with van der Waals surface area (Å²) >= 11 is 10.5. The molecule has 2 nitrogen and oxygen atoms in total. The van der Waals surface area contributed by atoms with E-state index in [0.29, 0.717) is 6.54 Å². The van der Waals surface area contributed by atoms with Gasteiger partial charge in [0, 0.05) is 26.7 Å². The van der Waals surface area contributed by atoms with E-state index in [4.69, 9.17) is 11.6 Å². The van der Waals surface area contributed by atoms with Crippen LogP contribution >= 0.6 is 38.9 Å². The summed E-state index contributed by atoms with van der Waals surface area (Å²) < 4.78 is 1.08. The number of nitrogens with one attached hydrogen (secondary N) is 1. The van der Waals surface area contributed by atoms with Crippen molar-refractivity contribution in [3.63, 3.8) is 0 Å². The Hall–Kier alpha value is -0.0600. The van der Waals surface area contributed by atoms with Gasteiger partial charge in [0.05, 0.1) is 0 Å². The molecule has 1 N–H and O–H groups in total. The maximum atomic E-state index is 11.0. The first-order valence-corrected chi connectivity index (χ1v) is 6.73. The molecule has 0 fully saturated rings. The Balaban J connectivity index is 2.63. The number of alkyl halides is 1. The Kier molecular flexibility index (Phi) is 4.62. The highest BCUT2D eigenvalue weighted by Gasteiger charge is 2.22. The zero-order valence-electron chi connectivity index (χ0n) is 8.64. The fourth-order valence-electron chi connectivity index (χ4n) is 1.12. The maximum absolute atomic E-state index is 11.0. The first kappa shape index (κ1) is 13.0. The molecule has 0 bridgehead atoms. The minimum atomic E-state index is -0.125. The maximum Gasteiger partial charge on any atom is 0.234 e. The molecule has 1 amide bonds. The van der Waals surface area contributed by atoms with Gasteiger partial charge in [-0.3, -0.25) is 4.79 Å². The number of carbonyl (C=O) groups is 1. The predicted molar refractivity (Wildman–Crippen MR) is 68.8 cm³/mol. The van der Waals surface area contributed by atoms with Crippen LogP contribution in [0.25, 0.3) is 0 Å². The third-order valence-electron chi connectivity index (χ3n) is 2.08. The molecule has 1 heterocycles. The van der Waals surface area contributed by atoms with Gasteiger partial charge < -0.3 is 5.32 Å². The summed E-state index contributed by atoms with van der Waals surface area (Å²) in [5, 5.41) is 4.84. The Morgan fingerprint density at radius 1 is 1.67 bits per heavy atom. The van der Waals surface area contributed by atoms with Crippen LogP contribution in [0, 0.1) is 0 Å². The molecule has 0 unspecified atom stereocenters. The van der Waals surface area contributed by atoms with Crippen LogP contribution in [0.4, 0.5) is 0 Å². The molecule has 5 heteroatoms. The lowest BCUT2D eigenvalue weighted by Gasteiger charge is -2.23. The average Bonchev–Trinajstić information content (AvgIpc) is 2.62. The smallest absolute Gasteiger partial charge is 0.234 e. The summed E-state index contributed by atoms with van der Waals surface area (Å²) in [6.45, 7) is 4.80. The molecular formula is C10H13BrClNOS. The lowest BCUT2D eigenvalue weighted by molar-refractivity contribution is -0.118. The Morgan fingerprint density at radius 2 is 2.33 bits per heavy atom. The zero-order valence-corrected chi connectivity index (χ0v) is 11.8.